The molecule has 10 heteroatoms. The average Bonchev–Trinajstić information content (AvgIpc) is 3.37. The third-order valence-corrected chi connectivity index (χ3v) is 5.88. The number of imidazole rings is 1. The Morgan fingerprint density at radius 2 is 2.13 bits per heavy atom. The van der Waals surface area contributed by atoms with Crippen molar-refractivity contribution in [3.05, 3.63) is 57.7 Å². The van der Waals surface area contributed by atoms with Gasteiger partial charge in [0.2, 0.25) is 0 Å². The molecule has 0 aromatic carbocycles. The van der Waals surface area contributed by atoms with Crippen LogP contribution in [0, 0.1) is 13.8 Å². The van der Waals surface area contributed by atoms with E-state index in [1.807, 2.05) is 49.9 Å². The number of guanidine groups is 1. The molecule has 1 atom stereocenters. The Balaban J connectivity index is 1.59. The van der Waals surface area contributed by atoms with E-state index >= 15 is 0 Å². The first-order chi connectivity index (χ1) is 14.9. The fourth-order valence-electron chi connectivity index (χ4n) is 2.92. The molecule has 3 heterocycles. The van der Waals surface area contributed by atoms with Gasteiger partial charge in [0.1, 0.15) is 21.5 Å². The van der Waals surface area contributed by atoms with Crippen LogP contribution in [0.15, 0.2) is 35.7 Å². The van der Waals surface area contributed by atoms with E-state index in [0.717, 1.165) is 22.2 Å². The van der Waals surface area contributed by atoms with Gasteiger partial charge in [-0.3, -0.25) is 9.56 Å². The van der Waals surface area contributed by atoms with E-state index in [0.29, 0.717) is 29.7 Å². The maximum absolute atomic E-state index is 12.0. The molecular weight excluding hydrogens is 414 g/mol. The van der Waals surface area contributed by atoms with Crippen LogP contribution in [-0.4, -0.2) is 45.1 Å². The normalized spacial score (nSPS) is 12.5. The van der Waals surface area contributed by atoms with Gasteiger partial charge in [0.25, 0.3) is 0 Å². The van der Waals surface area contributed by atoms with Crippen molar-refractivity contribution in [2.75, 3.05) is 13.7 Å². The smallest absolute Gasteiger partial charge is 0.350 e. The number of aliphatic imine (C=N–C) groups is 1. The van der Waals surface area contributed by atoms with E-state index in [9.17, 15) is 4.79 Å². The lowest BCUT2D eigenvalue weighted by atomic mass is 10.3. The number of nitrogens with one attached hydrogen (secondary N) is 2. The predicted octanol–water partition coefficient (Wildman–Crippen LogP) is 2.94. The number of hydrogen-bond acceptors (Lipinski definition) is 7. The molecule has 0 radical (unpaired) electrons. The summed E-state index contributed by atoms with van der Waals surface area (Å²) in [5, 5.41) is 7.39. The maximum Gasteiger partial charge on any atom is 0.350 e. The van der Waals surface area contributed by atoms with Crippen molar-refractivity contribution in [1.82, 2.24) is 30.2 Å². The largest absolute Gasteiger partial charge is 0.462 e. The lowest BCUT2D eigenvalue weighted by Gasteiger charge is -2.16. The molecule has 0 spiro atoms. The molecule has 0 bridgehead atoms. The third-order valence-electron chi connectivity index (χ3n) is 4.56. The second kappa shape index (κ2) is 10.2. The van der Waals surface area contributed by atoms with E-state index < -0.39 is 0 Å². The Kier molecular flexibility index (Phi) is 7.35. The molecule has 1 unspecified atom stereocenters. The van der Waals surface area contributed by atoms with Gasteiger partial charge in [0.15, 0.2) is 5.96 Å². The number of rotatable bonds is 7. The highest BCUT2D eigenvalue weighted by atomic mass is 32.1. The number of carbonyl (C=O) groups is 1. The molecule has 31 heavy (non-hydrogen) atoms. The van der Waals surface area contributed by atoms with Crippen LogP contribution in [-0.2, 0) is 11.3 Å². The van der Waals surface area contributed by atoms with Crippen molar-refractivity contribution in [1.29, 1.82) is 0 Å². The number of hydrogen-bond donors (Lipinski definition) is 2. The molecule has 3 rings (SSSR count). The first-order valence-electron chi connectivity index (χ1n) is 9.99. The van der Waals surface area contributed by atoms with Gasteiger partial charge in [-0.05, 0) is 39.3 Å². The van der Waals surface area contributed by atoms with Crippen LogP contribution < -0.4 is 10.6 Å². The topological polar surface area (TPSA) is 106 Å². The first kappa shape index (κ1) is 22.4. The highest BCUT2D eigenvalue weighted by molar-refractivity contribution is 7.13. The Hall–Kier alpha value is -3.27. The van der Waals surface area contributed by atoms with Gasteiger partial charge in [-0.2, -0.15) is 0 Å². The Bertz CT molecular complexity index is 1060. The molecule has 0 aliphatic rings. The molecule has 2 N–H and O–H groups in total. The summed E-state index contributed by atoms with van der Waals surface area (Å²) < 4.78 is 7.02. The minimum atomic E-state index is -0.333. The van der Waals surface area contributed by atoms with Crippen LogP contribution >= 0.6 is 11.3 Å². The number of esters is 1. The van der Waals surface area contributed by atoms with Gasteiger partial charge in [-0.15, -0.1) is 11.3 Å². The average molecular weight is 442 g/mol. The van der Waals surface area contributed by atoms with Gasteiger partial charge >= 0.3 is 5.97 Å². The lowest BCUT2D eigenvalue weighted by molar-refractivity contribution is 0.0531. The van der Waals surface area contributed by atoms with Crippen LogP contribution in [0.2, 0.25) is 0 Å². The van der Waals surface area contributed by atoms with Crippen LogP contribution in [0.25, 0.3) is 5.82 Å². The number of thiazole rings is 1. The van der Waals surface area contributed by atoms with Crippen LogP contribution in [0.1, 0.15) is 51.7 Å². The first-order valence-corrected chi connectivity index (χ1v) is 10.8. The fraction of sp³-hybridized carbons (Fsp3) is 0.381. The van der Waals surface area contributed by atoms with Gasteiger partial charge in [0, 0.05) is 32.2 Å². The Morgan fingerprint density at radius 3 is 2.74 bits per heavy atom. The van der Waals surface area contributed by atoms with E-state index in [1.165, 1.54) is 11.3 Å². The van der Waals surface area contributed by atoms with Crippen molar-refractivity contribution in [3.8, 4) is 5.82 Å². The van der Waals surface area contributed by atoms with Crippen molar-refractivity contribution in [2.24, 2.45) is 4.99 Å². The van der Waals surface area contributed by atoms with Crippen molar-refractivity contribution in [3.63, 3.8) is 0 Å². The summed E-state index contributed by atoms with van der Waals surface area (Å²) >= 11 is 1.34. The molecule has 0 amide bonds. The van der Waals surface area contributed by atoms with E-state index in [-0.39, 0.29) is 12.0 Å². The van der Waals surface area contributed by atoms with Crippen LogP contribution in [0.4, 0.5) is 0 Å². The van der Waals surface area contributed by atoms with E-state index in [2.05, 4.69) is 30.6 Å². The van der Waals surface area contributed by atoms with Crippen LogP contribution in [0.5, 0.6) is 0 Å². The summed E-state index contributed by atoms with van der Waals surface area (Å²) in [6.07, 6.45) is 5.47. The highest BCUT2D eigenvalue weighted by Crippen LogP contribution is 2.24. The molecule has 3 aromatic rings. The fourth-order valence-corrected chi connectivity index (χ4v) is 3.88. The van der Waals surface area contributed by atoms with Crippen molar-refractivity contribution < 1.29 is 9.53 Å². The summed E-state index contributed by atoms with van der Waals surface area (Å²) in [5.74, 6) is 2.01. The number of ether oxygens (including phenoxy) is 1. The molecular formula is C21H27N7O2S. The zero-order chi connectivity index (χ0) is 22.4. The summed E-state index contributed by atoms with van der Waals surface area (Å²) in [7, 11) is 1.71. The molecule has 0 saturated carbocycles. The standard InChI is InChI=1S/C21H27N7O2S/c1-6-30-20(29)18-13(2)26-19(31-18)14(3)27-21(22-5)25-12-16-7-8-17(24-11-16)28-10-9-23-15(28)4/h7-11,14H,6,12H2,1-5H3,(H2,22,25,27). The monoisotopic (exact) mass is 441 g/mol. The molecule has 0 aliphatic carbocycles. The summed E-state index contributed by atoms with van der Waals surface area (Å²) in [6.45, 7) is 8.42. The Morgan fingerprint density at radius 1 is 1.32 bits per heavy atom. The summed E-state index contributed by atoms with van der Waals surface area (Å²) in [5.41, 5.74) is 1.70. The van der Waals surface area contributed by atoms with Crippen LogP contribution in [0.3, 0.4) is 0 Å². The number of carbonyl (C=O) groups excluding carboxylic acids is 1. The minimum Gasteiger partial charge on any atom is -0.462 e. The molecule has 0 saturated heterocycles. The summed E-state index contributed by atoms with van der Waals surface area (Å²) in [6, 6.07) is 3.85. The maximum atomic E-state index is 12.0. The van der Waals surface area contributed by atoms with Gasteiger partial charge in [-0.25, -0.2) is 19.7 Å². The molecule has 164 valence electrons. The zero-order valence-corrected chi connectivity index (χ0v) is 19.2. The van der Waals surface area contributed by atoms with Gasteiger partial charge in [-0.1, -0.05) is 6.07 Å². The molecule has 9 nitrogen and oxygen atoms in total. The number of nitrogens with zero attached hydrogens (tertiary/aromatic N) is 5. The minimum absolute atomic E-state index is 0.122. The zero-order valence-electron chi connectivity index (χ0n) is 18.3. The number of pyridine rings is 1. The SMILES string of the molecule is CCOC(=O)c1sc(C(C)NC(=NC)NCc2ccc(-n3ccnc3C)nc2)nc1C. The predicted molar refractivity (Wildman–Crippen MR) is 121 cm³/mol. The Labute approximate surface area is 185 Å². The van der Waals surface area contributed by atoms with Gasteiger partial charge < -0.3 is 15.4 Å². The van der Waals surface area contributed by atoms with Crippen molar-refractivity contribution in [2.45, 2.75) is 40.3 Å². The van der Waals surface area contributed by atoms with Crippen molar-refractivity contribution >= 4 is 23.3 Å². The number of aromatic nitrogens is 4. The lowest BCUT2D eigenvalue weighted by Crippen LogP contribution is -2.38. The summed E-state index contributed by atoms with van der Waals surface area (Å²) in [4.78, 5) is 30.1. The number of aryl methyl sites for hydroxylation is 2. The van der Waals surface area contributed by atoms with E-state index in [4.69, 9.17) is 4.74 Å². The second-order valence-electron chi connectivity index (χ2n) is 6.85. The third kappa shape index (κ3) is 5.46. The molecule has 0 fully saturated rings. The molecule has 3 aromatic heterocycles. The quantitative estimate of drug-likeness (QED) is 0.330. The van der Waals surface area contributed by atoms with Gasteiger partial charge in [0.05, 0.1) is 18.3 Å². The second-order valence-corrected chi connectivity index (χ2v) is 7.88. The van der Waals surface area contributed by atoms with E-state index in [1.54, 1.807) is 20.2 Å². The highest BCUT2D eigenvalue weighted by Gasteiger charge is 2.20. The molecule has 0 aliphatic heterocycles.